The van der Waals surface area contributed by atoms with Crippen LogP contribution in [0.25, 0.3) is 0 Å². The Hall–Kier alpha value is -1.15. The summed E-state index contributed by atoms with van der Waals surface area (Å²) in [6.07, 6.45) is 3.91. The number of hydrogen-bond acceptors (Lipinski definition) is 2. The smallest absolute Gasteiger partial charge is 0.167 e. The molecule has 0 amide bonds. The topological polar surface area (TPSA) is 20.3 Å². The summed E-state index contributed by atoms with van der Waals surface area (Å²) in [5, 5.41) is 0. The molecule has 1 fully saturated rings. The average molecular weight is 259 g/mol. The first-order chi connectivity index (χ1) is 9.09. The van der Waals surface area contributed by atoms with Crippen LogP contribution in [-0.4, -0.2) is 30.3 Å². The SMILES string of the molecule is Cc1cccc(C)c1C(=O)C(C)CN1CCCCC1. The monoisotopic (exact) mass is 259 g/mol. The quantitative estimate of drug-likeness (QED) is 0.770. The molecule has 0 bridgehead atoms. The van der Waals surface area contributed by atoms with E-state index in [9.17, 15) is 4.79 Å². The molecule has 1 aromatic carbocycles. The van der Waals surface area contributed by atoms with Crippen LogP contribution < -0.4 is 0 Å². The largest absolute Gasteiger partial charge is 0.303 e. The van der Waals surface area contributed by atoms with Gasteiger partial charge >= 0.3 is 0 Å². The number of piperidine rings is 1. The summed E-state index contributed by atoms with van der Waals surface area (Å²) in [5.41, 5.74) is 3.15. The van der Waals surface area contributed by atoms with E-state index >= 15 is 0 Å². The maximum atomic E-state index is 12.6. The van der Waals surface area contributed by atoms with E-state index in [4.69, 9.17) is 0 Å². The standard InChI is InChI=1S/C17H25NO/c1-13-8-7-9-14(2)16(13)17(19)15(3)12-18-10-5-4-6-11-18/h7-9,15H,4-6,10-12H2,1-3H3. The van der Waals surface area contributed by atoms with Crippen LogP contribution in [0.4, 0.5) is 0 Å². The lowest BCUT2D eigenvalue weighted by molar-refractivity contribution is 0.0882. The highest BCUT2D eigenvalue weighted by molar-refractivity contribution is 6.00. The normalized spacial score (nSPS) is 18.3. The second-order valence-corrected chi connectivity index (χ2v) is 5.89. The van der Waals surface area contributed by atoms with Crippen LogP contribution in [0.15, 0.2) is 18.2 Å². The first kappa shape index (κ1) is 14.3. The van der Waals surface area contributed by atoms with E-state index in [0.717, 1.165) is 36.3 Å². The zero-order chi connectivity index (χ0) is 13.8. The lowest BCUT2D eigenvalue weighted by Crippen LogP contribution is -2.36. The summed E-state index contributed by atoms with van der Waals surface area (Å²) in [7, 11) is 0. The molecular weight excluding hydrogens is 234 g/mol. The Morgan fingerprint density at radius 3 is 2.32 bits per heavy atom. The molecule has 1 unspecified atom stereocenters. The minimum absolute atomic E-state index is 0.0953. The van der Waals surface area contributed by atoms with Gasteiger partial charge in [0.05, 0.1) is 0 Å². The lowest BCUT2D eigenvalue weighted by Gasteiger charge is -2.29. The molecule has 19 heavy (non-hydrogen) atoms. The molecule has 1 aromatic rings. The Kier molecular flexibility index (Phi) is 4.76. The molecule has 0 saturated carbocycles. The Balaban J connectivity index is 2.06. The molecule has 2 heteroatoms. The van der Waals surface area contributed by atoms with Crippen LogP contribution in [0, 0.1) is 19.8 Å². The molecule has 1 atom stereocenters. The lowest BCUT2D eigenvalue weighted by atomic mass is 9.91. The van der Waals surface area contributed by atoms with Crippen LogP contribution in [0.1, 0.15) is 47.7 Å². The second-order valence-electron chi connectivity index (χ2n) is 5.89. The molecule has 1 aliphatic heterocycles. The summed E-state index contributed by atoms with van der Waals surface area (Å²) in [4.78, 5) is 15.1. The maximum absolute atomic E-state index is 12.6. The van der Waals surface area contributed by atoms with Crippen LogP contribution in [-0.2, 0) is 0 Å². The summed E-state index contributed by atoms with van der Waals surface area (Å²) in [6.45, 7) is 9.37. The predicted octanol–water partition coefficient (Wildman–Crippen LogP) is 3.61. The fourth-order valence-electron chi connectivity index (χ4n) is 3.06. The van der Waals surface area contributed by atoms with Crippen molar-refractivity contribution in [2.24, 2.45) is 5.92 Å². The number of ketones is 1. The van der Waals surface area contributed by atoms with Crippen molar-refractivity contribution in [1.29, 1.82) is 0 Å². The molecule has 1 aliphatic rings. The van der Waals surface area contributed by atoms with Crippen molar-refractivity contribution in [1.82, 2.24) is 4.90 Å². The fraction of sp³-hybridized carbons (Fsp3) is 0.588. The Morgan fingerprint density at radius 2 is 1.74 bits per heavy atom. The van der Waals surface area contributed by atoms with Crippen molar-refractivity contribution in [2.45, 2.75) is 40.0 Å². The Bertz CT molecular complexity index is 426. The molecule has 0 radical (unpaired) electrons. The Labute approximate surface area is 116 Å². The molecule has 1 heterocycles. The van der Waals surface area contributed by atoms with Gasteiger partial charge in [-0.25, -0.2) is 0 Å². The molecule has 0 N–H and O–H groups in total. The van der Waals surface area contributed by atoms with Gasteiger partial charge in [-0.2, -0.15) is 0 Å². The van der Waals surface area contributed by atoms with Crippen molar-refractivity contribution < 1.29 is 4.79 Å². The van der Waals surface area contributed by atoms with Crippen molar-refractivity contribution in [3.63, 3.8) is 0 Å². The van der Waals surface area contributed by atoms with E-state index in [1.165, 1.54) is 19.3 Å². The summed E-state index contributed by atoms with van der Waals surface area (Å²) in [5.74, 6) is 0.402. The second kappa shape index (κ2) is 6.33. The zero-order valence-electron chi connectivity index (χ0n) is 12.4. The van der Waals surface area contributed by atoms with Crippen molar-refractivity contribution in [2.75, 3.05) is 19.6 Å². The van der Waals surface area contributed by atoms with Gasteiger partial charge in [-0.05, 0) is 50.9 Å². The van der Waals surface area contributed by atoms with Crippen molar-refractivity contribution >= 4 is 5.78 Å². The predicted molar refractivity (Wildman–Crippen MR) is 79.7 cm³/mol. The van der Waals surface area contributed by atoms with Gasteiger partial charge in [0.2, 0.25) is 0 Å². The van der Waals surface area contributed by atoms with E-state index in [2.05, 4.69) is 11.8 Å². The van der Waals surface area contributed by atoms with Crippen LogP contribution >= 0.6 is 0 Å². The number of nitrogens with zero attached hydrogens (tertiary/aromatic N) is 1. The van der Waals surface area contributed by atoms with Crippen LogP contribution in [0.3, 0.4) is 0 Å². The maximum Gasteiger partial charge on any atom is 0.167 e. The number of Topliss-reactive ketones (excluding diaryl/α,β-unsaturated/α-hetero) is 1. The first-order valence-electron chi connectivity index (χ1n) is 7.42. The zero-order valence-corrected chi connectivity index (χ0v) is 12.4. The van der Waals surface area contributed by atoms with Gasteiger partial charge < -0.3 is 4.90 Å². The molecule has 0 aromatic heterocycles. The number of rotatable bonds is 4. The van der Waals surface area contributed by atoms with Gasteiger partial charge in [0, 0.05) is 18.0 Å². The minimum atomic E-state index is 0.0953. The van der Waals surface area contributed by atoms with E-state index in [1.807, 2.05) is 32.0 Å². The molecule has 1 saturated heterocycles. The highest BCUT2D eigenvalue weighted by Gasteiger charge is 2.22. The molecule has 0 spiro atoms. The number of likely N-dealkylation sites (tertiary alicyclic amines) is 1. The molecular formula is C17H25NO. The summed E-state index contributed by atoms with van der Waals surface area (Å²) >= 11 is 0. The summed E-state index contributed by atoms with van der Waals surface area (Å²) in [6, 6.07) is 6.10. The third-order valence-electron chi connectivity index (χ3n) is 4.16. The number of hydrogen-bond donors (Lipinski definition) is 0. The third-order valence-corrected chi connectivity index (χ3v) is 4.16. The van der Waals surface area contributed by atoms with E-state index in [0.29, 0.717) is 5.78 Å². The Morgan fingerprint density at radius 1 is 1.16 bits per heavy atom. The number of aryl methyl sites for hydroxylation is 2. The average Bonchev–Trinajstić information content (AvgIpc) is 2.39. The fourth-order valence-corrected chi connectivity index (χ4v) is 3.06. The van der Waals surface area contributed by atoms with Crippen LogP contribution in [0.5, 0.6) is 0 Å². The van der Waals surface area contributed by atoms with Gasteiger partial charge in [-0.15, -0.1) is 0 Å². The first-order valence-corrected chi connectivity index (χ1v) is 7.42. The van der Waals surface area contributed by atoms with Gasteiger partial charge in [0.25, 0.3) is 0 Å². The molecule has 2 nitrogen and oxygen atoms in total. The van der Waals surface area contributed by atoms with Gasteiger partial charge in [-0.3, -0.25) is 4.79 Å². The molecule has 104 valence electrons. The van der Waals surface area contributed by atoms with Gasteiger partial charge in [0.15, 0.2) is 5.78 Å². The van der Waals surface area contributed by atoms with Gasteiger partial charge in [-0.1, -0.05) is 31.5 Å². The number of benzene rings is 1. The third kappa shape index (κ3) is 3.44. The van der Waals surface area contributed by atoms with E-state index in [1.54, 1.807) is 0 Å². The highest BCUT2D eigenvalue weighted by Crippen LogP contribution is 2.19. The summed E-state index contributed by atoms with van der Waals surface area (Å²) < 4.78 is 0. The van der Waals surface area contributed by atoms with Crippen molar-refractivity contribution in [3.05, 3.63) is 34.9 Å². The minimum Gasteiger partial charge on any atom is -0.303 e. The molecule has 0 aliphatic carbocycles. The van der Waals surface area contributed by atoms with E-state index in [-0.39, 0.29) is 5.92 Å². The van der Waals surface area contributed by atoms with Crippen LogP contribution in [0.2, 0.25) is 0 Å². The molecule has 2 rings (SSSR count). The van der Waals surface area contributed by atoms with Crippen molar-refractivity contribution in [3.8, 4) is 0 Å². The number of carbonyl (C=O) groups excluding carboxylic acids is 1. The van der Waals surface area contributed by atoms with Gasteiger partial charge in [0.1, 0.15) is 0 Å². The highest BCUT2D eigenvalue weighted by atomic mass is 16.1. The number of carbonyl (C=O) groups is 1. The van der Waals surface area contributed by atoms with E-state index < -0.39 is 0 Å².